The number of rotatable bonds is 6. The Morgan fingerprint density at radius 1 is 1.00 bits per heavy atom. The van der Waals surface area contributed by atoms with E-state index in [0.717, 1.165) is 34.6 Å². The van der Waals surface area contributed by atoms with Gasteiger partial charge in [-0.05, 0) is 79.9 Å². The molecule has 174 valence electrons. The van der Waals surface area contributed by atoms with E-state index in [-0.39, 0.29) is 17.9 Å². The predicted octanol–water partition coefficient (Wildman–Crippen LogP) is 7.12. The highest BCUT2D eigenvalue weighted by Gasteiger charge is 2.33. The van der Waals surface area contributed by atoms with Crippen LogP contribution in [0, 0.1) is 20.8 Å². The molecule has 0 radical (unpaired) electrons. The Kier molecular flexibility index (Phi) is 7.22. The molecule has 1 amide bonds. The molecule has 0 spiro atoms. The van der Waals surface area contributed by atoms with Crippen molar-refractivity contribution in [3.63, 3.8) is 0 Å². The Hall–Kier alpha value is -3.19. The summed E-state index contributed by atoms with van der Waals surface area (Å²) in [6.45, 7) is 6.09. The van der Waals surface area contributed by atoms with Crippen LogP contribution < -0.4 is 14.8 Å². The summed E-state index contributed by atoms with van der Waals surface area (Å²) in [5.74, 6) is 0.682. The zero-order chi connectivity index (χ0) is 24.3. The van der Waals surface area contributed by atoms with Gasteiger partial charge in [-0.25, -0.2) is 0 Å². The highest BCUT2D eigenvalue weighted by Crippen LogP contribution is 2.36. The van der Waals surface area contributed by atoms with E-state index in [1.807, 2.05) is 26.8 Å². The molecule has 0 atom stereocenters. The zero-order valence-electron chi connectivity index (χ0n) is 18.6. The van der Waals surface area contributed by atoms with E-state index in [4.69, 9.17) is 21.1 Å². The average molecular weight is 478 g/mol. The number of anilines is 1. The number of hydrogen-bond donors (Lipinski definition) is 1. The molecule has 0 unspecified atom stereocenters. The number of nitrogens with one attached hydrogen (secondary N) is 1. The SMILES string of the molecule is COc1ccc(C(=O)Nc2ccc(Cl)c(C(F)(F)F)c2)cc1COc1cc(C)cc(C)c1C. The van der Waals surface area contributed by atoms with E-state index in [2.05, 4.69) is 11.4 Å². The molecule has 4 nitrogen and oxygen atoms in total. The van der Waals surface area contributed by atoms with Crippen molar-refractivity contribution in [3.8, 4) is 11.5 Å². The van der Waals surface area contributed by atoms with Crippen molar-refractivity contribution in [2.24, 2.45) is 0 Å². The van der Waals surface area contributed by atoms with Crippen LogP contribution in [0.2, 0.25) is 5.02 Å². The van der Waals surface area contributed by atoms with Crippen LogP contribution in [0.25, 0.3) is 0 Å². The molecule has 0 aliphatic carbocycles. The Labute approximate surface area is 195 Å². The molecule has 0 saturated heterocycles. The highest BCUT2D eigenvalue weighted by atomic mass is 35.5. The Morgan fingerprint density at radius 2 is 1.73 bits per heavy atom. The van der Waals surface area contributed by atoms with Crippen molar-refractivity contribution < 1.29 is 27.4 Å². The highest BCUT2D eigenvalue weighted by molar-refractivity contribution is 6.31. The second-order valence-corrected chi connectivity index (χ2v) is 8.07. The number of ether oxygens (including phenoxy) is 2. The number of carbonyl (C=O) groups excluding carboxylic acids is 1. The summed E-state index contributed by atoms with van der Waals surface area (Å²) in [7, 11) is 1.51. The van der Waals surface area contributed by atoms with E-state index in [1.54, 1.807) is 12.1 Å². The average Bonchev–Trinajstić information content (AvgIpc) is 2.75. The monoisotopic (exact) mass is 477 g/mol. The minimum Gasteiger partial charge on any atom is -0.496 e. The molecular formula is C25H23ClF3NO3. The van der Waals surface area contributed by atoms with Crippen molar-refractivity contribution in [1.29, 1.82) is 0 Å². The summed E-state index contributed by atoms with van der Waals surface area (Å²) >= 11 is 5.64. The van der Waals surface area contributed by atoms with E-state index in [9.17, 15) is 18.0 Å². The fourth-order valence-electron chi connectivity index (χ4n) is 3.36. The number of aryl methyl sites for hydroxylation is 2. The minimum absolute atomic E-state index is 0.0174. The lowest BCUT2D eigenvalue weighted by atomic mass is 10.1. The van der Waals surface area contributed by atoms with Crippen LogP contribution in [0.4, 0.5) is 18.9 Å². The maximum Gasteiger partial charge on any atom is 0.417 e. The quantitative estimate of drug-likeness (QED) is 0.411. The molecule has 0 aliphatic heterocycles. The van der Waals surface area contributed by atoms with Gasteiger partial charge in [-0.2, -0.15) is 13.2 Å². The molecule has 3 aromatic rings. The van der Waals surface area contributed by atoms with Gasteiger partial charge in [0.05, 0.1) is 17.7 Å². The summed E-state index contributed by atoms with van der Waals surface area (Å²) < 4.78 is 50.7. The van der Waals surface area contributed by atoms with Crippen molar-refractivity contribution in [3.05, 3.63) is 86.9 Å². The molecular weight excluding hydrogens is 455 g/mol. The number of hydrogen-bond acceptors (Lipinski definition) is 3. The second-order valence-electron chi connectivity index (χ2n) is 7.67. The first-order valence-corrected chi connectivity index (χ1v) is 10.4. The van der Waals surface area contributed by atoms with E-state index in [1.165, 1.54) is 19.2 Å². The van der Waals surface area contributed by atoms with E-state index >= 15 is 0 Å². The standard InChI is InChI=1S/C25H23ClF3NO3/c1-14-9-15(2)16(3)23(10-14)33-13-18-11-17(5-8-22(18)32-4)24(31)30-19-6-7-21(26)20(12-19)25(27,28)29/h5-12H,13H2,1-4H3,(H,30,31). The van der Waals surface area contributed by atoms with Crippen molar-refractivity contribution in [1.82, 2.24) is 0 Å². The van der Waals surface area contributed by atoms with Crippen LogP contribution in [-0.4, -0.2) is 13.0 Å². The summed E-state index contributed by atoms with van der Waals surface area (Å²) in [5, 5.41) is 2.04. The molecule has 0 heterocycles. The molecule has 0 aliphatic rings. The van der Waals surface area contributed by atoms with Gasteiger partial charge in [-0.1, -0.05) is 17.7 Å². The first kappa shape index (κ1) is 24.5. The van der Waals surface area contributed by atoms with E-state index in [0.29, 0.717) is 11.3 Å². The fraction of sp³-hybridized carbons (Fsp3) is 0.240. The topological polar surface area (TPSA) is 47.6 Å². The van der Waals surface area contributed by atoms with Gasteiger partial charge in [0, 0.05) is 16.8 Å². The molecule has 3 aromatic carbocycles. The lowest BCUT2D eigenvalue weighted by Crippen LogP contribution is -2.14. The third kappa shape index (κ3) is 5.79. The number of benzene rings is 3. The van der Waals surface area contributed by atoms with Crippen LogP contribution in [0.1, 0.15) is 38.2 Å². The smallest absolute Gasteiger partial charge is 0.417 e. The fourth-order valence-corrected chi connectivity index (χ4v) is 3.59. The first-order valence-electron chi connectivity index (χ1n) is 10.0. The number of halogens is 4. The minimum atomic E-state index is -4.63. The normalized spacial score (nSPS) is 11.3. The maximum absolute atomic E-state index is 13.1. The maximum atomic E-state index is 13.1. The van der Waals surface area contributed by atoms with Gasteiger partial charge in [-0.3, -0.25) is 4.79 Å². The van der Waals surface area contributed by atoms with Crippen molar-refractivity contribution >= 4 is 23.2 Å². The summed E-state index contributed by atoms with van der Waals surface area (Å²) in [6, 6.07) is 11.9. The summed E-state index contributed by atoms with van der Waals surface area (Å²) in [4.78, 5) is 12.7. The molecule has 1 N–H and O–H groups in total. The second kappa shape index (κ2) is 9.75. The van der Waals surface area contributed by atoms with Gasteiger partial charge in [0.2, 0.25) is 0 Å². The third-order valence-electron chi connectivity index (χ3n) is 5.22. The third-order valence-corrected chi connectivity index (χ3v) is 5.55. The van der Waals surface area contributed by atoms with E-state index < -0.39 is 22.7 Å². The largest absolute Gasteiger partial charge is 0.496 e. The molecule has 0 bridgehead atoms. The van der Waals surface area contributed by atoms with Gasteiger partial charge in [-0.15, -0.1) is 0 Å². The van der Waals surface area contributed by atoms with Crippen molar-refractivity contribution in [2.75, 3.05) is 12.4 Å². The van der Waals surface area contributed by atoms with Gasteiger partial charge >= 0.3 is 6.18 Å². The summed E-state index contributed by atoms with van der Waals surface area (Å²) in [6.07, 6.45) is -4.63. The van der Waals surface area contributed by atoms with Gasteiger partial charge in [0.1, 0.15) is 18.1 Å². The van der Waals surface area contributed by atoms with Gasteiger partial charge < -0.3 is 14.8 Å². The number of methoxy groups -OCH3 is 1. The molecule has 33 heavy (non-hydrogen) atoms. The zero-order valence-corrected chi connectivity index (χ0v) is 19.3. The van der Waals surface area contributed by atoms with Crippen LogP contribution in [-0.2, 0) is 12.8 Å². The Balaban J connectivity index is 1.83. The van der Waals surface area contributed by atoms with Gasteiger partial charge in [0.15, 0.2) is 0 Å². The molecule has 0 aromatic heterocycles. The molecule has 3 rings (SSSR count). The lowest BCUT2D eigenvalue weighted by Gasteiger charge is -2.15. The predicted molar refractivity (Wildman–Crippen MR) is 122 cm³/mol. The lowest BCUT2D eigenvalue weighted by molar-refractivity contribution is -0.137. The Bertz CT molecular complexity index is 1190. The van der Waals surface area contributed by atoms with Crippen LogP contribution in [0.15, 0.2) is 48.5 Å². The summed E-state index contributed by atoms with van der Waals surface area (Å²) in [5.41, 5.74) is 3.01. The van der Waals surface area contributed by atoms with Crippen molar-refractivity contribution in [2.45, 2.75) is 33.6 Å². The first-order chi connectivity index (χ1) is 15.5. The molecule has 8 heteroatoms. The van der Waals surface area contributed by atoms with Gasteiger partial charge in [0.25, 0.3) is 5.91 Å². The molecule has 0 fully saturated rings. The van der Waals surface area contributed by atoms with Crippen LogP contribution in [0.3, 0.4) is 0 Å². The number of carbonyl (C=O) groups is 1. The Morgan fingerprint density at radius 3 is 2.39 bits per heavy atom. The van der Waals surface area contributed by atoms with Crippen LogP contribution in [0.5, 0.6) is 11.5 Å². The number of alkyl halides is 3. The van der Waals surface area contributed by atoms with Crippen LogP contribution >= 0.6 is 11.6 Å². The number of amides is 1. The molecule has 0 saturated carbocycles.